The summed E-state index contributed by atoms with van der Waals surface area (Å²) in [5, 5.41) is 7.16. The molecule has 1 aliphatic heterocycles. The van der Waals surface area contributed by atoms with Crippen LogP contribution in [0.5, 0.6) is 5.75 Å². The van der Waals surface area contributed by atoms with Crippen molar-refractivity contribution in [3.63, 3.8) is 0 Å². The number of thiophene rings is 1. The van der Waals surface area contributed by atoms with Crippen molar-refractivity contribution in [2.45, 2.75) is 19.1 Å². The third-order valence-corrected chi connectivity index (χ3v) is 4.97. The Hall–Kier alpha value is -1.84. The summed E-state index contributed by atoms with van der Waals surface area (Å²) in [7, 11) is 0. The zero-order valence-electron chi connectivity index (χ0n) is 11.7. The molecule has 0 saturated heterocycles. The number of rotatable bonds is 4. The van der Waals surface area contributed by atoms with Gasteiger partial charge in [0.25, 0.3) is 0 Å². The highest BCUT2D eigenvalue weighted by Crippen LogP contribution is 2.28. The van der Waals surface area contributed by atoms with Crippen molar-refractivity contribution in [2.75, 3.05) is 6.54 Å². The summed E-state index contributed by atoms with van der Waals surface area (Å²) in [6, 6.07) is 16.9. The van der Waals surface area contributed by atoms with Gasteiger partial charge in [0.1, 0.15) is 11.9 Å². The molecule has 1 aliphatic rings. The molecule has 4 rings (SSSR count). The molecule has 2 nitrogen and oxygen atoms in total. The topological polar surface area (TPSA) is 21.3 Å². The first-order valence-electron chi connectivity index (χ1n) is 7.30. The molecule has 0 aliphatic carbocycles. The molecule has 1 N–H and O–H groups in total. The molecule has 0 saturated carbocycles. The van der Waals surface area contributed by atoms with Crippen molar-refractivity contribution in [1.82, 2.24) is 5.32 Å². The van der Waals surface area contributed by atoms with Crippen LogP contribution in [0.4, 0.5) is 0 Å². The smallest absolute Gasteiger partial charge is 0.123 e. The van der Waals surface area contributed by atoms with Crippen LogP contribution < -0.4 is 10.1 Å². The summed E-state index contributed by atoms with van der Waals surface area (Å²) in [4.78, 5) is 0. The van der Waals surface area contributed by atoms with Gasteiger partial charge in [-0.2, -0.15) is 0 Å². The van der Waals surface area contributed by atoms with E-state index in [4.69, 9.17) is 4.74 Å². The van der Waals surface area contributed by atoms with Gasteiger partial charge in [-0.3, -0.25) is 0 Å². The summed E-state index contributed by atoms with van der Waals surface area (Å²) >= 11 is 1.82. The van der Waals surface area contributed by atoms with Crippen molar-refractivity contribution < 1.29 is 4.74 Å². The Kier molecular flexibility index (Phi) is 3.37. The number of benzene rings is 2. The van der Waals surface area contributed by atoms with Crippen LogP contribution in [0.25, 0.3) is 10.1 Å². The lowest BCUT2D eigenvalue weighted by atomic mass is 10.1. The van der Waals surface area contributed by atoms with Crippen LogP contribution in [0, 0.1) is 0 Å². The van der Waals surface area contributed by atoms with E-state index < -0.39 is 0 Å². The molecular weight excluding hydrogens is 278 g/mol. The first kappa shape index (κ1) is 12.9. The van der Waals surface area contributed by atoms with E-state index in [9.17, 15) is 0 Å². The largest absolute Gasteiger partial charge is 0.488 e. The molecule has 2 heterocycles. The predicted molar refractivity (Wildman–Crippen MR) is 88.1 cm³/mol. The molecule has 3 heteroatoms. The van der Waals surface area contributed by atoms with Crippen LogP contribution in [0.2, 0.25) is 0 Å². The fourth-order valence-electron chi connectivity index (χ4n) is 2.91. The van der Waals surface area contributed by atoms with E-state index in [1.807, 2.05) is 17.4 Å². The van der Waals surface area contributed by atoms with Crippen LogP contribution in [0.3, 0.4) is 0 Å². The van der Waals surface area contributed by atoms with Gasteiger partial charge in [0.2, 0.25) is 0 Å². The quantitative estimate of drug-likeness (QED) is 0.785. The molecule has 3 aromatic rings. The fraction of sp³-hybridized carbons (Fsp3) is 0.222. The number of hydrogen-bond donors (Lipinski definition) is 1. The third kappa shape index (κ3) is 2.55. The fourth-order valence-corrected chi connectivity index (χ4v) is 3.87. The Morgan fingerprint density at radius 2 is 1.95 bits per heavy atom. The zero-order chi connectivity index (χ0) is 14.1. The van der Waals surface area contributed by atoms with Crippen molar-refractivity contribution in [3.8, 4) is 5.75 Å². The lowest BCUT2D eigenvalue weighted by Crippen LogP contribution is -2.29. The third-order valence-electron chi connectivity index (χ3n) is 3.96. The van der Waals surface area contributed by atoms with E-state index >= 15 is 0 Å². The SMILES string of the molecule is c1ccc2c(c1)C[C@@H](CNCc1csc3ccccc13)O2. The number of nitrogens with one attached hydrogen (secondary N) is 1. The van der Waals surface area contributed by atoms with Gasteiger partial charge >= 0.3 is 0 Å². The Bertz CT molecular complexity index is 740. The van der Waals surface area contributed by atoms with E-state index in [1.54, 1.807) is 0 Å². The first-order chi connectivity index (χ1) is 10.4. The van der Waals surface area contributed by atoms with Gasteiger partial charge in [-0.25, -0.2) is 0 Å². The van der Waals surface area contributed by atoms with Crippen molar-refractivity contribution in [2.24, 2.45) is 0 Å². The van der Waals surface area contributed by atoms with E-state index in [0.717, 1.165) is 25.3 Å². The van der Waals surface area contributed by atoms with Gasteiger partial charge in [0.05, 0.1) is 0 Å². The Balaban J connectivity index is 1.37. The second-order valence-corrected chi connectivity index (χ2v) is 6.35. The van der Waals surface area contributed by atoms with Gasteiger partial charge in [-0.15, -0.1) is 11.3 Å². The molecule has 0 amide bonds. The molecule has 21 heavy (non-hydrogen) atoms. The number of ether oxygens (including phenoxy) is 1. The molecule has 0 unspecified atom stereocenters. The summed E-state index contributed by atoms with van der Waals surface area (Å²) in [5.74, 6) is 1.05. The standard InChI is InChI=1S/C18H17NOS/c1-3-7-17-13(5-1)9-15(20-17)11-19-10-14-12-21-18-8-4-2-6-16(14)18/h1-8,12,15,19H,9-11H2/t15-/m0/s1. The number of hydrogen-bond acceptors (Lipinski definition) is 3. The van der Waals surface area contributed by atoms with Gasteiger partial charge < -0.3 is 10.1 Å². The second kappa shape index (κ2) is 5.51. The minimum atomic E-state index is 0.257. The molecule has 0 radical (unpaired) electrons. The van der Waals surface area contributed by atoms with Crippen LogP contribution in [0.15, 0.2) is 53.9 Å². The van der Waals surface area contributed by atoms with E-state index in [0.29, 0.717) is 0 Å². The van der Waals surface area contributed by atoms with Gasteiger partial charge in [-0.05, 0) is 34.0 Å². The highest BCUT2D eigenvalue weighted by atomic mass is 32.1. The average molecular weight is 295 g/mol. The van der Waals surface area contributed by atoms with Gasteiger partial charge in [-0.1, -0.05) is 36.4 Å². The maximum atomic E-state index is 5.95. The maximum absolute atomic E-state index is 5.95. The molecule has 2 aromatic carbocycles. The van der Waals surface area contributed by atoms with Crippen LogP contribution in [0.1, 0.15) is 11.1 Å². The normalized spacial score (nSPS) is 16.9. The van der Waals surface area contributed by atoms with Crippen molar-refractivity contribution in [1.29, 1.82) is 0 Å². The lowest BCUT2D eigenvalue weighted by Gasteiger charge is -2.11. The van der Waals surface area contributed by atoms with E-state index in [2.05, 4.69) is 53.2 Å². The second-order valence-electron chi connectivity index (χ2n) is 5.44. The number of para-hydroxylation sites is 1. The molecular formula is C18H17NOS. The summed E-state index contributed by atoms with van der Waals surface area (Å²) in [6.45, 7) is 1.79. The Morgan fingerprint density at radius 3 is 2.90 bits per heavy atom. The van der Waals surface area contributed by atoms with E-state index in [-0.39, 0.29) is 6.10 Å². The summed E-state index contributed by atoms with van der Waals surface area (Å²) < 4.78 is 7.31. The maximum Gasteiger partial charge on any atom is 0.123 e. The minimum Gasteiger partial charge on any atom is -0.488 e. The molecule has 0 fully saturated rings. The van der Waals surface area contributed by atoms with Crippen LogP contribution in [-0.2, 0) is 13.0 Å². The zero-order valence-corrected chi connectivity index (χ0v) is 12.5. The molecule has 106 valence electrons. The van der Waals surface area contributed by atoms with E-state index in [1.165, 1.54) is 21.2 Å². The van der Waals surface area contributed by atoms with Crippen molar-refractivity contribution >= 4 is 21.4 Å². The predicted octanol–water partition coefficient (Wildman–Crippen LogP) is 3.99. The first-order valence-corrected chi connectivity index (χ1v) is 8.18. The van der Waals surface area contributed by atoms with Crippen molar-refractivity contribution in [3.05, 3.63) is 65.0 Å². The minimum absolute atomic E-state index is 0.257. The summed E-state index contributed by atoms with van der Waals surface area (Å²) in [6.07, 6.45) is 1.26. The van der Waals surface area contributed by atoms with Crippen LogP contribution >= 0.6 is 11.3 Å². The Morgan fingerprint density at radius 1 is 1.10 bits per heavy atom. The number of fused-ring (bicyclic) bond motifs is 2. The summed E-state index contributed by atoms with van der Waals surface area (Å²) in [5.41, 5.74) is 2.70. The molecule has 0 spiro atoms. The highest BCUT2D eigenvalue weighted by molar-refractivity contribution is 7.17. The van der Waals surface area contributed by atoms with Gasteiger partial charge in [0.15, 0.2) is 0 Å². The molecule has 1 aromatic heterocycles. The monoisotopic (exact) mass is 295 g/mol. The lowest BCUT2D eigenvalue weighted by molar-refractivity contribution is 0.227. The highest BCUT2D eigenvalue weighted by Gasteiger charge is 2.21. The Labute approximate surface area is 128 Å². The molecule has 1 atom stereocenters. The molecule has 0 bridgehead atoms. The van der Waals surface area contributed by atoms with Crippen LogP contribution in [-0.4, -0.2) is 12.6 Å². The average Bonchev–Trinajstić information content (AvgIpc) is 3.11. The van der Waals surface area contributed by atoms with Gasteiger partial charge in [0, 0.05) is 24.2 Å².